The third-order valence-corrected chi connectivity index (χ3v) is 8.95. The molecule has 2 saturated heterocycles. The molecule has 3 aliphatic rings. The van der Waals surface area contributed by atoms with Crippen molar-refractivity contribution in [3.63, 3.8) is 0 Å². The van der Waals surface area contributed by atoms with Crippen molar-refractivity contribution in [2.75, 3.05) is 24.3 Å². The number of thioether (sulfide) groups is 2. The number of carboxylic acid groups (broad SMARTS) is 1. The normalized spacial score (nSPS) is 22.7. The average Bonchev–Trinajstić information content (AvgIpc) is 3.54. The SMILES string of the molecule is CSc1ccc[n+](CC2=C(C(=O)O)N3C(=O)[C@@H](NC(=O)C(=NO[C@H]4CCNC4=O)c4csc(N)n4)[C@@H]3SC2)c1. The van der Waals surface area contributed by atoms with Crippen LogP contribution in [0.3, 0.4) is 0 Å². The maximum absolute atomic E-state index is 13.2. The Bertz CT molecular complexity index is 1410. The molecule has 3 amide bonds. The Balaban J connectivity index is 1.34. The number of nitrogens with two attached hydrogens (primary N) is 1. The molecular weight excluding hydrogens is 566 g/mol. The summed E-state index contributed by atoms with van der Waals surface area (Å²) in [6.07, 6.45) is 5.24. The first-order valence-electron chi connectivity index (χ1n) is 11.7. The Morgan fingerprint density at radius 3 is 2.92 bits per heavy atom. The van der Waals surface area contributed by atoms with Crippen LogP contribution in [0.5, 0.6) is 0 Å². The Morgan fingerprint density at radius 1 is 1.44 bits per heavy atom. The molecule has 5 heterocycles. The van der Waals surface area contributed by atoms with Gasteiger partial charge in [-0.2, -0.15) is 4.57 Å². The summed E-state index contributed by atoms with van der Waals surface area (Å²) >= 11 is 4.02. The predicted octanol–water partition coefficient (Wildman–Crippen LogP) is -0.217. The molecule has 2 aromatic rings. The molecule has 5 rings (SSSR count). The third kappa shape index (κ3) is 5.44. The van der Waals surface area contributed by atoms with E-state index >= 15 is 0 Å². The number of oxime groups is 1. The zero-order valence-electron chi connectivity index (χ0n) is 20.5. The van der Waals surface area contributed by atoms with Gasteiger partial charge in [0.25, 0.3) is 17.7 Å². The van der Waals surface area contributed by atoms with Gasteiger partial charge in [0.05, 0.1) is 4.90 Å². The van der Waals surface area contributed by atoms with E-state index in [4.69, 9.17) is 10.6 Å². The van der Waals surface area contributed by atoms with Gasteiger partial charge in [0.1, 0.15) is 22.8 Å². The summed E-state index contributed by atoms with van der Waals surface area (Å²) in [5.74, 6) is -2.50. The van der Waals surface area contributed by atoms with Gasteiger partial charge in [-0.15, -0.1) is 34.9 Å². The largest absolute Gasteiger partial charge is 0.477 e. The predicted molar refractivity (Wildman–Crippen MR) is 144 cm³/mol. The van der Waals surface area contributed by atoms with E-state index in [1.54, 1.807) is 11.8 Å². The van der Waals surface area contributed by atoms with Crippen molar-refractivity contribution >= 4 is 69.4 Å². The second-order valence-corrected chi connectivity index (χ2v) is 11.6. The molecule has 39 heavy (non-hydrogen) atoms. The van der Waals surface area contributed by atoms with E-state index in [9.17, 15) is 24.3 Å². The van der Waals surface area contributed by atoms with Crippen LogP contribution in [0.4, 0.5) is 5.13 Å². The van der Waals surface area contributed by atoms with Gasteiger partial charge in [-0.1, -0.05) is 5.16 Å². The summed E-state index contributed by atoms with van der Waals surface area (Å²) in [5, 5.41) is 20.2. The Kier molecular flexibility index (Phi) is 7.76. The number of nitrogen functional groups attached to an aromatic ring is 1. The second-order valence-electron chi connectivity index (χ2n) is 8.72. The maximum atomic E-state index is 13.2. The fourth-order valence-corrected chi connectivity index (χ4v) is 6.68. The van der Waals surface area contributed by atoms with E-state index in [1.807, 2.05) is 35.3 Å². The van der Waals surface area contributed by atoms with Gasteiger partial charge in [0, 0.05) is 35.7 Å². The van der Waals surface area contributed by atoms with Gasteiger partial charge in [-0.05, 0) is 12.3 Å². The molecule has 3 aliphatic heterocycles. The smallest absolute Gasteiger partial charge is 0.352 e. The quantitative estimate of drug-likeness (QED) is 0.100. The van der Waals surface area contributed by atoms with Crippen LogP contribution in [-0.2, 0) is 30.6 Å². The molecule has 5 N–H and O–H groups in total. The average molecular weight is 591 g/mol. The molecular formula is C23H24N7O6S3+. The minimum Gasteiger partial charge on any atom is -0.477 e. The third-order valence-electron chi connectivity index (χ3n) is 6.23. The van der Waals surface area contributed by atoms with Gasteiger partial charge in [-0.3, -0.25) is 19.3 Å². The number of thiazole rings is 1. The molecule has 0 aromatic carbocycles. The van der Waals surface area contributed by atoms with Gasteiger partial charge in [-0.25, -0.2) is 9.78 Å². The zero-order valence-corrected chi connectivity index (χ0v) is 23.0. The molecule has 0 radical (unpaired) electrons. The highest BCUT2D eigenvalue weighted by atomic mass is 32.2. The summed E-state index contributed by atoms with van der Waals surface area (Å²) in [6, 6.07) is 2.85. The highest BCUT2D eigenvalue weighted by Crippen LogP contribution is 2.40. The number of aromatic nitrogens is 2. The first-order chi connectivity index (χ1) is 18.8. The molecule has 0 spiro atoms. The lowest BCUT2D eigenvalue weighted by molar-refractivity contribution is -0.690. The van der Waals surface area contributed by atoms with Crippen LogP contribution in [0.15, 0.2) is 51.2 Å². The Labute approximate surface area is 234 Å². The maximum Gasteiger partial charge on any atom is 0.352 e. The lowest BCUT2D eigenvalue weighted by Crippen LogP contribution is -2.71. The molecule has 0 aliphatic carbocycles. The van der Waals surface area contributed by atoms with E-state index in [-0.39, 0.29) is 28.1 Å². The number of nitrogens with zero attached hydrogens (tertiary/aromatic N) is 4. The first-order valence-corrected chi connectivity index (χ1v) is 14.9. The minimum atomic E-state index is -1.21. The van der Waals surface area contributed by atoms with E-state index in [0.29, 0.717) is 30.8 Å². The summed E-state index contributed by atoms with van der Waals surface area (Å²) in [5.41, 5.74) is 6.13. The number of nitrogens with one attached hydrogen (secondary N) is 2. The van der Waals surface area contributed by atoms with Crippen LogP contribution >= 0.6 is 34.9 Å². The number of aliphatic carboxylic acids is 1. The van der Waals surface area contributed by atoms with Crippen molar-refractivity contribution in [1.82, 2.24) is 20.5 Å². The molecule has 16 heteroatoms. The van der Waals surface area contributed by atoms with Crippen molar-refractivity contribution in [2.24, 2.45) is 5.16 Å². The van der Waals surface area contributed by atoms with Crippen LogP contribution in [0.2, 0.25) is 0 Å². The lowest BCUT2D eigenvalue weighted by Gasteiger charge is -2.49. The van der Waals surface area contributed by atoms with E-state index in [0.717, 1.165) is 16.2 Å². The van der Waals surface area contributed by atoms with Crippen LogP contribution in [-0.4, -0.2) is 80.5 Å². The van der Waals surface area contributed by atoms with Gasteiger partial charge in [0.15, 0.2) is 29.8 Å². The summed E-state index contributed by atoms with van der Waals surface area (Å²) in [6.45, 7) is 0.739. The van der Waals surface area contributed by atoms with E-state index < -0.39 is 35.3 Å². The van der Waals surface area contributed by atoms with Crippen molar-refractivity contribution in [2.45, 2.75) is 35.4 Å². The molecule has 13 nitrogen and oxygen atoms in total. The summed E-state index contributed by atoms with van der Waals surface area (Å²) in [7, 11) is 0. The summed E-state index contributed by atoms with van der Waals surface area (Å²) < 4.78 is 1.88. The first kappa shape index (κ1) is 27.0. The van der Waals surface area contributed by atoms with Crippen LogP contribution in [0.25, 0.3) is 0 Å². The number of carbonyl (C=O) groups excluding carboxylic acids is 3. The van der Waals surface area contributed by atoms with Crippen LogP contribution < -0.4 is 20.9 Å². The minimum absolute atomic E-state index is 0.0759. The number of fused-ring (bicyclic) bond motifs is 1. The fraction of sp³-hybridized carbons (Fsp3) is 0.348. The highest BCUT2D eigenvalue weighted by molar-refractivity contribution is 8.00. The molecule has 3 atom stereocenters. The van der Waals surface area contributed by atoms with Crippen LogP contribution in [0.1, 0.15) is 12.1 Å². The number of carbonyl (C=O) groups is 4. The lowest BCUT2D eigenvalue weighted by atomic mass is 10.0. The standard InChI is InChI=1S/C23H23N7O6S3/c1-37-12-3-2-6-29(8-12)7-11-9-38-21-16(20(33)30(21)17(11)22(34)35)27-19(32)15(13-10-39-23(24)26-13)28-36-14-4-5-25-18(14)31/h2-3,6,8,10,14,16,21H,4-5,7,9H2,1H3,(H4-,24,25,26,27,31,32,34,35)/p+1/t14-,16+,21-/m0/s1. The Hall–Kier alpha value is -3.63. The molecule has 0 bridgehead atoms. The molecule has 2 aromatic heterocycles. The van der Waals surface area contributed by atoms with E-state index in [2.05, 4.69) is 20.8 Å². The van der Waals surface area contributed by atoms with Gasteiger partial charge < -0.3 is 26.3 Å². The number of anilines is 1. The van der Waals surface area contributed by atoms with Crippen molar-refractivity contribution in [3.05, 3.63) is 46.9 Å². The molecule has 0 unspecified atom stereocenters. The topological polar surface area (TPSA) is 180 Å². The van der Waals surface area contributed by atoms with Crippen molar-refractivity contribution < 1.29 is 33.7 Å². The van der Waals surface area contributed by atoms with Crippen molar-refractivity contribution in [3.8, 4) is 0 Å². The molecule has 0 saturated carbocycles. The number of carboxylic acids is 1. The Morgan fingerprint density at radius 2 is 2.26 bits per heavy atom. The number of hydrogen-bond acceptors (Lipinski definition) is 11. The second kappa shape index (κ2) is 11.2. The van der Waals surface area contributed by atoms with Gasteiger partial charge in [0.2, 0.25) is 6.10 Å². The van der Waals surface area contributed by atoms with Crippen molar-refractivity contribution in [1.29, 1.82) is 0 Å². The highest BCUT2D eigenvalue weighted by Gasteiger charge is 2.54. The van der Waals surface area contributed by atoms with E-state index in [1.165, 1.54) is 22.0 Å². The van der Waals surface area contributed by atoms with Gasteiger partial charge >= 0.3 is 5.97 Å². The monoisotopic (exact) mass is 590 g/mol. The summed E-state index contributed by atoms with van der Waals surface area (Å²) in [4.78, 5) is 62.1. The number of hydrogen-bond donors (Lipinski definition) is 4. The van der Waals surface area contributed by atoms with Crippen LogP contribution in [0, 0.1) is 0 Å². The zero-order chi connectivity index (χ0) is 27.7. The fourth-order valence-electron chi connectivity index (χ4n) is 4.34. The number of rotatable bonds is 9. The number of amides is 3. The number of pyridine rings is 1. The molecule has 2 fully saturated rings. The number of β-lactam (4-membered cyclic amide) rings is 1. The molecule has 204 valence electrons.